The number of aromatic nitrogens is 2. The zero-order valence-electron chi connectivity index (χ0n) is 31.8. The fourth-order valence-corrected chi connectivity index (χ4v) is 11.2. The molecule has 9 heteroatoms. The van der Waals surface area contributed by atoms with Crippen LogP contribution in [0.15, 0.2) is 39.8 Å². The maximum Gasteiger partial charge on any atom is 0.307 e. The number of carbonyl (C=O) groups is 3. The molecule has 278 valence electrons. The number of ketones is 1. The third-order valence-electron chi connectivity index (χ3n) is 14.0. The molecule has 0 aliphatic heterocycles. The molecule has 51 heavy (non-hydrogen) atoms. The van der Waals surface area contributed by atoms with Gasteiger partial charge in [-0.2, -0.15) is 0 Å². The van der Waals surface area contributed by atoms with Crippen molar-refractivity contribution in [2.24, 2.45) is 51.2 Å². The lowest BCUT2D eigenvalue weighted by Crippen LogP contribution is -2.57. The van der Waals surface area contributed by atoms with E-state index < -0.39 is 16.9 Å². The van der Waals surface area contributed by atoms with Crippen LogP contribution < -0.4 is 0 Å². The number of hydrogen-bond donors (Lipinski definition) is 1. The molecule has 0 spiro atoms. The van der Waals surface area contributed by atoms with Crippen molar-refractivity contribution in [1.82, 2.24) is 10.2 Å². The van der Waals surface area contributed by atoms with Gasteiger partial charge >= 0.3 is 5.97 Å². The summed E-state index contributed by atoms with van der Waals surface area (Å²) in [4.78, 5) is 38.0. The fraction of sp³-hybridized carbons (Fsp3) is 0.690. The standard InChI is InChI=1S/C42H57FN2O6/c1-24(2)34-31(47)21-42(36(49)38-45-44-37(51-38)27-9-11-28(43)12-10-27)20-17-30-29(35(34)42)13-14-32-40(7,25(3)15-18-41(30,32)8)19-16-26(4)50-33(48)22-39(5,6)23-46/h9-12,23-26,29-30,32,36,49H,13-22H2,1-8H3/t25-,26?,29?,30?,32-,36?,40?,41?,42?/m1/s1. The Hall–Kier alpha value is -3.20. The molecule has 0 bridgehead atoms. The molecule has 8 nitrogen and oxygen atoms in total. The highest BCUT2D eigenvalue weighted by molar-refractivity contribution is 6.00. The van der Waals surface area contributed by atoms with Crippen LogP contribution in [0, 0.1) is 57.1 Å². The second kappa shape index (κ2) is 13.7. The summed E-state index contributed by atoms with van der Waals surface area (Å²) in [6.45, 7) is 17.0. The third-order valence-corrected chi connectivity index (χ3v) is 14.0. The van der Waals surface area contributed by atoms with Crippen LogP contribution in [-0.4, -0.2) is 39.4 Å². The van der Waals surface area contributed by atoms with Gasteiger partial charge in [-0.1, -0.05) is 54.0 Å². The molecule has 4 aliphatic rings. The van der Waals surface area contributed by atoms with E-state index >= 15 is 0 Å². The maximum absolute atomic E-state index is 14.0. The molecule has 0 saturated heterocycles. The smallest absolute Gasteiger partial charge is 0.307 e. The van der Waals surface area contributed by atoms with Gasteiger partial charge in [-0.15, -0.1) is 10.2 Å². The number of rotatable bonds is 11. The van der Waals surface area contributed by atoms with Gasteiger partial charge in [0, 0.05) is 22.8 Å². The van der Waals surface area contributed by atoms with Gasteiger partial charge < -0.3 is 19.1 Å². The molecule has 6 rings (SSSR count). The first-order chi connectivity index (χ1) is 24.0. The van der Waals surface area contributed by atoms with Crippen LogP contribution in [0.2, 0.25) is 0 Å². The summed E-state index contributed by atoms with van der Waals surface area (Å²) in [5.41, 5.74) is 1.15. The molecule has 1 heterocycles. The Kier molecular flexibility index (Phi) is 10.1. The summed E-state index contributed by atoms with van der Waals surface area (Å²) in [5.74, 6) is 1.31. The summed E-state index contributed by atoms with van der Waals surface area (Å²) in [5, 5.41) is 20.7. The predicted octanol–water partition coefficient (Wildman–Crippen LogP) is 9.03. The van der Waals surface area contributed by atoms with Gasteiger partial charge in [0.2, 0.25) is 11.8 Å². The highest BCUT2D eigenvalue weighted by Gasteiger charge is 2.64. The lowest BCUT2D eigenvalue weighted by atomic mass is 9.40. The third kappa shape index (κ3) is 6.54. The Morgan fingerprint density at radius 3 is 2.47 bits per heavy atom. The second-order valence-electron chi connectivity index (χ2n) is 18.0. The van der Waals surface area contributed by atoms with E-state index in [9.17, 15) is 23.9 Å². The first-order valence-electron chi connectivity index (χ1n) is 19.2. The van der Waals surface area contributed by atoms with E-state index in [2.05, 4.69) is 44.8 Å². The second-order valence-corrected chi connectivity index (χ2v) is 18.0. The fourth-order valence-electron chi connectivity index (χ4n) is 11.2. The minimum absolute atomic E-state index is 0.0289. The minimum atomic E-state index is -1.13. The van der Waals surface area contributed by atoms with Crippen LogP contribution in [0.1, 0.15) is 132 Å². The molecular formula is C42H57FN2O6. The number of carbonyl (C=O) groups excluding carboxylic acids is 3. The average Bonchev–Trinajstić information content (AvgIpc) is 3.69. The number of aldehydes is 1. The Bertz CT molecular complexity index is 1680. The lowest BCUT2D eigenvalue weighted by Gasteiger charge is -2.65. The van der Waals surface area contributed by atoms with Crippen molar-refractivity contribution < 1.29 is 33.0 Å². The Morgan fingerprint density at radius 1 is 1.10 bits per heavy atom. The number of benzene rings is 1. The van der Waals surface area contributed by atoms with Crippen LogP contribution in [-0.2, 0) is 19.1 Å². The van der Waals surface area contributed by atoms with Gasteiger partial charge in [0.05, 0.1) is 12.5 Å². The molecule has 0 radical (unpaired) electrons. The number of esters is 1. The summed E-state index contributed by atoms with van der Waals surface area (Å²) < 4.78 is 25.5. The number of hydrogen-bond acceptors (Lipinski definition) is 8. The Balaban J connectivity index is 1.26. The molecule has 0 amide bonds. The van der Waals surface area contributed by atoms with Crippen molar-refractivity contribution in [2.45, 2.75) is 132 Å². The van der Waals surface area contributed by atoms with E-state index in [4.69, 9.17) is 9.15 Å². The number of aliphatic hydroxyl groups excluding tert-OH is 1. The van der Waals surface area contributed by atoms with Crippen molar-refractivity contribution in [3.8, 4) is 11.5 Å². The van der Waals surface area contributed by atoms with Crippen molar-refractivity contribution in [3.63, 3.8) is 0 Å². The predicted molar refractivity (Wildman–Crippen MR) is 191 cm³/mol. The Labute approximate surface area is 302 Å². The molecular weight excluding hydrogens is 647 g/mol. The Morgan fingerprint density at radius 2 is 1.80 bits per heavy atom. The van der Waals surface area contributed by atoms with E-state index in [1.54, 1.807) is 26.0 Å². The molecule has 4 aliphatic carbocycles. The van der Waals surface area contributed by atoms with Crippen molar-refractivity contribution in [1.29, 1.82) is 0 Å². The quantitative estimate of drug-likeness (QED) is 0.182. The van der Waals surface area contributed by atoms with Crippen LogP contribution in [0.25, 0.3) is 11.5 Å². The molecule has 1 aromatic carbocycles. The first kappa shape index (κ1) is 37.6. The zero-order valence-corrected chi connectivity index (χ0v) is 31.8. The summed E-state index contributed by atoms with van der Waals surface area (Å²) in [7, 11) is 0. The van der Waals surface area contributed by atoms with Gasteiger partial charge in [0.25, 0.3) is 0 Å². The lowest BCUT2D eigenvalue weighted by molar-refractivity contribution is -0.157. The number of fused-ring (bicyclic) bond motifs is 5. The van der Waals surface area contributed by atoms with Crippen molar-refractivity contribution in [2.75, 3.05) is 0 Å². The normalized spacial score (nSPS) is 33.4. The number of halogens is 1. The van der Waals surface area contributed by atoms with Gasteiger partial charge in [-0.3, -0.25) is 9.59 Å². The number of Topliss-reactive ketones (excluding diaryl/α,β-unsaturated/α-hetero) is 1. The monoisotopic (exact) mass is 704 g/mol. The average molecular weight is 705 g/mol. The molecule has 2 aromatic rings. The van der Waals surface area contributed by atoms with E-state index in [1.165, 1.54) is 12.1 Å². The molecule has 1 N–H and O–H groups in total. The SMILES string of the molecule is CC(CCC1(C)[C@H](C)CCC2(C)C3CCC4(C(O)c5nnc(-c6ccc(F)cc6)o5)CC(=O)C(C(C)C)=C4C3CC[C@@H]21)OC(=O)CC(C)(C)C=O. The van der Waals surface area contributed by atoms with Crippen molar-refractivity contribution >= 4 is 18.0 Å². The molecule has 9 atom stereocenters. The minimum Gasteiger partial charge on any atom is -0.463 e. The first-order valence-corrected chi connectivity index (χ1v) is 19.2. The molecule has 1 aromatic heterocycles. The maximum atomic E-state index is 14.0. The zero-order chi connectivity index (χ0) is 37.1. The van der Waals surface area contributed by atoms with Gasteiger partial charge in [0.1, 0.15) is 18.2 Å². The summed E-state index contributed by atoms with van der Waals surface area (Å²) >= 11 is 0. The van der Waals surface area contributed by atoms with Crippen molar-refractivity contribution in [3.05, 3.63) is 47.1 Å². The molecule has 3 fully saturated rings. The van der Waals surface area contributed by atoms with Crippen LogP contribution >= 0.6 is 0 Å². The van der Waals surface area contributed by atoms with E-state index in [0.29, 0.717) is 29.7 Å². The largest absolute Gasteiger partial charge is 0.463 e. The molecule has 7 unspecified atom stereocenters. The topological polar surface area (TPSA) is 120 Å². The van der Waals surface area contributed by atoms with Gasteiger partial charge in [0.15, 0.2) is 5.78 Å². The molecule has 3 saturated carbocycles. The number of aliphatic hydroxyl groups is 1. The van der Waals surface area contributed by atoms with Crippen LogP contribution in [0.5, 0.6) is 0 Å². The summed E-state index contributed by atoms with van der Waals surface area (Å²) in [6, 6.07) is 5.82. The van der Waals surface area contributed by atoms with E-state index in [-0.39, 0.29) is 71.0 Å². The van der Waals surface area contributed by atoms with Gasteiger partial charge in [-0.25, -0.2) is 4.39 Å². The number of ether oxygens (including phenoxy) is 1. The summed E-state index contributed by atoms with van der Waals surface area (Å²) in [6.07, 6.45) is 7.29. The highest BCUT2D eigenvalue weighted by Crippen LogP contribution is 2.71. The number of nitrogens with zero attached hydrogens (tertiary/aromatic N) is 2. The number of allylic oxidation sites excluding steroid dienone is 1. The van der Waals surface area contributed by atoms with E-state index in [1.807, 2.05) is 6.92 Å². The van der Waals surface area contributed by atoms with Crippen LogP contribution in [0.4, 0.5) is 4.39 Å². The van der Waals surface area contributed by atoms with Crippen LogP contribution in [0.3, 0.4) is 0 Å². The van der Waals surface area contributed by atoms with Gasteiger partial charge in [-0.05, 0) is 129 Å². The highest BCUT2D eigenvalue weighted by atomic mass is 19.1. The van der Waals surface area contributed by atoms with E-state index in [0.717, 1.165) is 62.4 Å².